The van der Waals surface area contributed by atoms with Gasteiger partial charge in [-0.2, -0.15) is 5.26 Å². The van der Waals surface area contributed by atoms with E-state index in [2.05, 4.69) is 16.0 Å². The van der Waals surface area contributed by atoms with Crippen molar-refractivity contribution in [3.63, 3.8) is 0 Å². The monoisotopic (exact) mass is 284 g/mol. The predicted octanol–water partition coefficient (Wildman–Crippen LogP) is 3.13. The fourth-order valence-electron chi connectivity index (χ4n) is 2.36. The summed E-state index contributed by atoms with van der Waals surface area (Å²) in [6.07, 6.45) is 3.13. The van der Waals surface area contributed by atoms with Gasteiger partial charge in [-0.15, -0.1) is 0 Å². The van der Waals surface area contributed by atoms with Crippen LogP contribution in [0.5, 0.6) is 0 Å². The molecule has 0 radical (unpaired) electrons. The summed E-state index contributed by atoms with van der Waals surface area (Å²) in [7, 11) is 0. The molecule has 6 nitrogen and oxygen atoms in total. The minimum atomic E-state index is -0.401. The molecule has 0 fully saturated rings. The molecule has 0 aliphatic rings. The number of fused-ring (bicyclic) bond motifs is 1. The third kappa shape index (κ3) is 2.92. The SMILES string of the molecule is CCN(CC(C)C#N)c1ccc([N+](=O)[O-])c2cnccc12. The van der Waals surface area contributed by atoms with Crippen LogP contribution in [0.1, 0.15) is 13.8 Å². The standard InChI is InChI=1S/C15H16N4O2/c1-3-18(10-11(2)8-16)14-4-5-15(19(20)21)13-9-17-7-6-12(13)14/h4-7,9,11H,3,10H2,1-2H3. The summed E-state index contributed by atoms with van der Waals surface area (Å²) in [5, 5.41) is 21.4. The Hall–Kier alpha value is -2.68. The second kappa shape index (κ2) is 6.18. The van der Waals surface area contributed by atoms with Crippen LogP contribution in [-0.2, 0) is 0 Å². The van der Waals surface area contributed by atoms with Gasteiger partial charge < -0.3 is 4.90 Å². The number of nitrogens with zero attached hydrogens (tertiary/aromatic N) is 4. The van der Waals surface area contributed by atoms with Crippen LogP contribution in [-0.4, -0.2) is 23.0 Å². The highest BCUT2D eigenvalue weighted by Gasteiger charge is 2.18. The molecule has 2 aromatic rings. The number of non-ortho nitro benzene ring substituents is 1. The summed E-state index contributed by atoms with van der Waals surface area (Å²) in [4.78, 5) is 16.7. The number of hydrogen-bond donors (Lipinski definition) is 0. The lowest BCUT2D eigenvalue weighted by Gasteiger charge is -2.25. The highest BCUT2D eigenvalue weighted by molar-refractivity contribution is 5.99. The van der Waals surface area contributed by atoms with Crippen molar-refractivity contribution in [3.05, 3.63) is 40.7 Å². The zero-order valence-corrected chi connectivity index (χ0v) is 12.0. The summed E-state index contributed by atoms with van der Waals surface area (Å²) in [5.41, 5.74) is 0.939. The summed E-state index contributed by atoms with van der Waals surface area (Å²) in [5.74, 6) is -0.114. The first-order valence-corrected chi connectivity index (χ1v) is 6.74. The Morgan fingerprint density at radius 1 is 1.43 bits per heavy atom. The molecule has 108 valence electrons. The van der Waals surface area contributed by atoms with Crippen molar-refractivity contribution >= 4 is 22.1 Å². The first-order valence-electron chi connectivity index (χ1n) is 6.74. The second-order valence-electron chi connectivity index (χ2n) is 4.85. The molecule has 0 aliphatic carbocycles. The van der Waals surface area contributed by atoms with Crippen LogP contribution >= 0.6 is 0 Å². The van der Waals surface area contributed by atoms with E-state index in [1.54, 1.807) is 18.3 Å². The van der Waals surface area contributed by atoms with E-state index in [-0.39, 0.29) is 11.6 Å². The van der Waals surface area contributed by atoms with Gasteiger partial charge in [-0.1, -0.05) is 0 Å². The van der Waals surface area contributed by atoms with Gasteiger partial charge in [0.05, 0.1) is 22.3 Å². The molecule has 1 aromatic heterocycles. The number of hydrogen-bond acceptors (Lipinski definition) is 5. The number of anilines is 1. The molecule has 1 unspecified atom stereocenters. The van der Waals surface area contributed by atoms with E-state index in [9.17, 15) is 10.1 Å². The Kier molecular flexibility index (Phi) is 4.33. The molecule has 0 saturated carbocycles. The quantitative estimate of drug-likeness (QED) is 0.622. The first-order chi connectivity index (χ1) is 10.1. The van der Waals surface area contributed by atoms with Gasteiger partial charge in [0, 0.05) is 42.6 Å². The fraction of sp³-hybridized carbons (Fsp3) is 0.333. The Bertz CT molecular complexity index is 708. The largest absolute Gasteiger partial charge is 0.370 e. The predicted molar refractivity (Wildman–Crippen MR) is 81.1 cm³/mol. The van der Waals surface area contributed by atoms with Gasteiger partial charge in [0.1, 0.15) is 0 Å². The molecule has 2 rings (SSSR count). The lowest BCUT2D eigenvalue weighted by molar-refractivity contribution is -0.383. The van der Waals surface area contributed by atoms with E-state index in [1.807, 2.05) is 13.8 Å². The van der Waals surface area contributed by atoms with Gasteiger partial charge in [-0.05, 0) is 26.0 Å². The van der Waals surface area contributed by atoms with Gasteiger partial charge in [-0.3, -0.25) is 15.1 Å². The molecule has 0 N–H and O–H groups in total. The van der Waals surface area contributed by atoms with Crippen LogP contribution in [0.25, 0.3) is 10.8 Å². The highest BCUT2D eigenvalue weighted by Crippen LogP contribution is 2.33. The zero-order chi connectivity index (χ0) is 15.4. The van der Waals surface area contributed by atoms with Crippen LogP contribution < -0.4 is 4.90 Å². The number of nitriles is 1. The molecule has 1 aromatic carbocycles. The second-order valence-corrected chi connectivity index (χ2v) is 4.85. The van der Waals surface area contributed by atoms with Crippen LogP contribution in [0.15, 0.2) is 30.6 Å². The molecule has 6 heteroatoms. The van der Waals surface area contributed by atoms with Gasteiger partial charge in [0.25, 0.3) is 5.69 Å². The minimum absolute atomic E-state index is 0.0474. The molecule has 0 saturated heterocycles. The molecular weight excluding hydrogens is 268 g/mol. The third-order valence-corrected chi connectivity index (χ3v) is 3.41. The van der Waals surface area contributed by atoms with Gasteiger partial charge in [-0.25, -0.2) is 0 Å². The Balaban J connectivity index is 2.57. The lowest BCUT2D eigenvalue weighted by atomic mass is 10.1. The molecule has 0 bridgehead atoms. The number of pyridine rings is 1. The summed E-state index contributed by atoms with van der Waals surface area (Å²) in [6.45, 7) is 5.17. The lowest BCUT2D eigenvalue weighted by Crippen LogP contribution is -2.27. The average molecular weight is 284 g/mol. The van der Waals surface area contributed by atoms with E-state index < -0.39 is 4.92 Å². The van der Waals surface area contributed by atoms with Crippen molar-refractivity contribution in [2.45, 2.75) is 13.8 Å². The molecule has 0 amide bonds. The maximum Gasteiger partial charge on any atom is 0.278 e. The number of rotatable bonds is 5. The minimum Gasteiger partial charge on any atom is -0.370 e. The molecule has 0 aliphatic heterocycles. The first kappa shape index (κ1) is 14.7. The number of benzene rings is 1. The topological polar surface area (TPSA) is 83.1 Å². The van der Waals surface area contributed by atoms with E-state index in [1.165, 1.54) is 12.3 Å². The van der Waals surface area contributed by atoms with Crippen LogP contribution in [0.3, 0.4) is 0 Å². The van der Waals surface area contributed by atoms with Gasteiger partial charge in [0.2, 0.25) is 0 Å². The summed E-state index contributed by atoms with van der Waals surface area (Å²) >= 11 is 0. The van der Waals surface area contributed by atoms with Crippen LogP contribution in [0.2, 0.25) is 0 Å². The average Bonchev–Trinajstić information content (AvgIpc) is 2.51. The van der Waals surface area contributed by atoms with Crippen molar-refractivity contribution in [2.75, 3.05) is 18.0 Å². The smallest absolute Gasteiger partial charge is 0.278 e. The van der Waals surface area contributed by atoms with E-state index in [0.29, 0.717) is 11.9 Å². The zero-order valence-electron chi connectivity index (χ0n) is 12.0. The molecule has 21 heavy (non-hydrogen) atoms. The van der Waals surface area contributed by atoms with Crippen molar-refractivity contribution in [1.29, 1.82) is 5.26 Å². The summed E-state index contributed by atoms with van der Waals surface area (Å²) < 4.78 is 0. The fourth-order valence-corrected chi connectivity index (χ4v) is 2.36. The Labute approximate surface area is 122 Å². The summed E-state index contributed by atoms with van der Waals surface area (Å²) in [6, 6.07) is 7.23. The van der Waals surface area contributed by atoms with Crippen molar-refractivity contribution in [3.8, 4) is 6.07 Å². The normalized spacial score (nSPS) is 11.9. The highest BCUT2D eigenvalue weighted by atomic mass is 16.6. The molecular formula is C15H16N4O2. The van der Waals surface area contributed by atoms with Gasteiger partial charge >= 0.3 is 0 Å². The number of nitro benzene ring substituents is 1. The van der Waals surface area contributed by atoms with Crippen molar-refractivity contribution in [1.82, 2.24) is 4.98 Å². The van der Waals surface area contributed by atoms with E-state index in [4.69, 9.17) is 5.26 Å². The van der Waals surface area contributed by atoms with Crippen LogP contribution in [0.4, 0.5) is 11.4 Å². The molecule has 1 atom stereocenters. The third-order valence-electron chi connectivity index (χ3n) is 3.41. The maximum atomic E-state index is 11.1. The van der Waals surface area contributed by atoms with Crippen LogP contribution in [0, 0.1) is 27.4 Å². The molecule has 0 spiro atoms. The Morgan fingerprint density at radius 2 is 2.19 bits per heavy atom. The number of nitro groups is 1. The Morgan fingerprint density at radius 3 is 2.81 bits per heavy atom. The maximum absolute atomic E-state index is 11.1. The van der Waals surface area contributed by atoms with E-state index in [0.717, 1.165) is 17.6 Å². The number of aromatic nitrogens is 1. The van der Waals surface area contributed by atoms with Gasteiger partial charge in [0.15, 0.2) is 0 Å². The molecule has 1 heterocycles. The van der Waals surface area contributed by atoms with Crippen molar-refractivity contribution in [2.24, 2.45) is 5.92 Å². The van der Waals surface area contributed by atoms with Crippen molar-refractivity contribution < 1.29 is 4.92 Å². The van der Waals surface area contributed by atoms with E-state index >= 15 is 0 Å².